The first-order chi connectivity index (χ1) is 17.3. The van der Waals surface area contributed by atoms with Crippen molar-refractivity contribution in [2.24, 2.45) is 12.2 Å². The summed E-state index contributed by atoms with van der Waals surface area (Å²) < 4.78 is 103. The van der Waals surface area contributed by atoms with Gasteiger partial charge < -0.3 is 19.4 Å². The number of hydrogen-bond acceptors (Lipinski definition) is 9. The number of rotatable bonds is 8. The van der Waals surface area contributed by atoms with Gasteiger partial charge in [0.05, 0.1) is 11.3 Å². The summed E-state index contributed by atoms with van der Waals surface area (Å²) in [6.07, 6.45) is -14.0. The Morgan fingerprint density at radius 3 is 2.24 bits per heavy atom. The molecule has 0 radical (unpaired) electrons. The summed E-state index contributed by atoms with van der Waals surface area (Å²) in [6, 6.07) is 0. The van der Waals surface area contributed by atoms with Crippen molar-refractivity contribution in [3.63, 3.8) is 0 Å². The van der Waals surface area contributed by atoms with E-state index in [4.69, 9.17) is 14.3 Å². The molecule has 3 unspecified atom stereocenters. The van der Waals surface area contributed by atoms with Crippen molar-refractivity contribution in [3.8, 4) is 5.88 Å². The lowest BCUT2D eigenvalue weighted by Gasteiger charge is -2.35. The molecule has 17 heteroatoms. The minimum Gasteiger partial charge on any atom is -0.468 e. The Labute approximate surface area is 218 Å². The average molecular weight is 580 g/mol. The van der Waals surface area contributed by atoms with Gasteiger partial charge in [-0.2, -0.15) is 36.5 Å². The van der Waals surface area contributed by atoms with Crippen molar-refractivity contribution >= 4 is 16.8 Å². The zero-order valence-corrected chi connectivity index (χ0v) is 22.1. The molecule has 0 saturated heterocycles. The van der Waals surface area contributed by atoms with E-state index in [1.807, 2.05) is 0 Å². The fourth-order valence-electron chi connectivity index (χ4n) is 4.01. The Balaban J connectivity index is 1.93. The van der Waals surface area contributed by atoms with E-state index in [1.54, 1.807) is 0 Å². The number of hydrogen-bond donors (Lipinski definition) is 1. The van der Waals surface area contributed by atoms with E-state index in [2.05, 4.69) is 10.3 Å². The predicted octanol–water partition coefficient (Wildman–Crippen LogP) is 4.20. The van der Waals surface area contributed by atoms with Crippen LogP contribution in [0.2, 0.25) is 0 Å². The molecular formula is C21H28F7N5O4S. The van der Waals surface area contributed by atoms with Crippen LogP contribution in [0.25, 0.3) is 0 Å². The third-order valence-corrected chi connectivity index (χ3v) is 6.87. The van der Waals surface area contributed by atoms with Gasteiger partial charge >= 0.3 is 12.4 Å². The first-order valence-corrected chi connectivity index (χ1v) is 12.2. The van der Waals surface area contributed by atoms with Crippen LogP contribution < -0.4 is 4.74 Å². The molecule has 3 rings (SSSR count). The van der Waals surface area contributed by atoms with Crippen LogP contribution in [-0.4, -0.2) is 86.3 Å². The predicted molar refractivity (Wildman–Crippen MR) is 123 cm³/mol. The number of halogens is 7. The molecule has 1 N–H and O–H groups in total. The van der Waals surface area contributed by atoms with E-state index >= 15 is 0 Å². The molecule has 38 heavy (non-hydrogen) atoms. The Morgan fingerprint density at radius 1 is 1.11 bits per heavy atom. The van der Waals surface area contributed by atoms with Crippen LogP contribution in [0.15, 0.2) is 16.4 Å². The summed E-state index contributed by atoms with van der Waals surface area (Å²) in [7, 11) is 2.66. The molecule has 216 valence electrons. The summed E-state index contributed by atoms with van der Waals surface area (Å²) in [5.74, 6) is -0.451. The minimum atomic E-state index is -4.67. The normalized spacial score (nSPS) is 23.2. The Kier molecular flexibility index (Phi) is 8.56. The number of aromatic nitrogens is 2. The van der Waals surface area contributed by atoms with E-state index in [0.717, 1.165) is 21.5 Å². The van der Waals surface area contributed by atoms with Gasteiger partial charge in [-0.15, -0.1) is 0 Å². The molecule has 2 aliphatic heterocycles. The fourth-order valence-corrected chi connectivity index (χ4v) is 5.19. The highest BCUT2D eigenvalue weighted by molar-refractivity contribution is 8.14. The molecule has 1 aromatic rings. The molecule has 0 fully saturated rings. The Bertz CT molecular complexity index is 1090. The van der Waals surface area contributed by atoms with E-state index < -0.39 is 49.8 Å². The Morgan fingerprint density at radius 2 is 1.71 bits per heavy atom. The maximum absolute atomic E-state index is 14.7. The first kappa shape index (κ1) is 30.3. The van der Waals surface area contributed by atoms with Crippen LogP contribution in [0.5, 0.6) is 5.88 Å². The van der Waals surface area contributed by atoms with Gasteiger partial charge in [0, 0.05) is 31.1 Å². The van der Waals surface area contributed by atoms with E-state index in [9.17, 15) is 35.8 Å². The number of aryl methyl sites for hydroxylation is 2. The smallest absolute Gasteiger partial charge is 0.422 e. The van der Waals surface area contributed by atoms with Crippen LogP contribution in [0.3, 0.4) is 0 Å². The summed E-state index contributed by atoms with van der Waals surface area (Å²) in [5.41, 5.74) is -0.713. The summed E-state index contributed by atoms with van der Waals surface area (Å²) >= 11 is 0.895. The van der Waals surface area contributed by atoms with E-state index in [1.165, 1.54) is 46.8 Å². The topological polar surface area (TPSA) is 84.6 Å². The lowest BCUT2D eigenvalue weighted by molar-refractivity contribution is -0.218. The maximum Gasteiger partial charge on any atom is 0.422 e. The second kappa shape index (κ2) is 10.7. The summed E-state index contributed by atoms with van der Waals surface area (Å²) in [5, 5.41) is 21.3. The minimum absolute atomic E-state index is 0.0162. The van der Waals surface area contributed by atoms with Gasteiger partial charge in [0.25, 0.3) is 0 Å². The van der Waals surface area contributed by atoms with Crippen molar-refractivity contribution in [3.05, 3.63) is 22.5 Å². The number of aliphatic hydroxyl groups excluding tert-OH is 1. The second-order valence-electron chi connectivity index (χ2n) is 9.29. The number of thioether (sulfide) groups is 1. The van der Waals surface area contributed by atoms with Crippen molar-refractivity contribution in [1.82, 2.24) is 19.8 Å². The first-order valence-electron chi connectivity index (χ1n) is 11.2. The van der Waals surface area contributed by atoms with Crippen LogP contribution in [-0.2, 0) is 16.6 Å². The van der Waals surface area contributed by atoms with Crippen LogP contribution in [0, 0.1) is 6.92 Å². The number of oxime groups is 1. The van der Waals surface area contributed by atoms with Crippen LogP contribution in [0.1, 0.15) is 38.3 Å². The fraction of sp³-hybridized carbons (Fsp3) is 0.714. The molecule has 0 saturated carbocycles. The number of ether oxygens (including phenoxy) is 2. The van der Waals surface area contributed by atoms with Gasteiger partial charge in [-0.25, -0.2) is 9.07 Å². The molecule has 3 heterocycles. The van der Waals surface area contributed by atoms with Gasteiger partial charge in [0.15, 0.2) is 35.9 Å². The number of nitrogens with zero attached hydrogens (tertiary/aromatic N) is 5. The van der Waals surface area contributed by atoms with E-state index in [0.29, 0.717) is 0 Å². The number of aliphatic hydroxyl groups is 1. The van der Waals surface area contributed by atoms with Gasteiger partial charge in [-0.05, 0) is 27.7 Å². The standard InChI is InChI=1S/C21H28F7N5O4S/c1-10-13(18(31(5)29-10)36-9-21(26,27)28)16(34)33-11(2)12(17(32(33)6)35-8-20(23,24)25)7-38-15-14(22)19(3,4)37-30-15/h14,16-17,34H,7-9H2,1-6H3. The summed E-state index contributed by atoms with van der Waals surface area (Å²) in [6.45, 7) is 2.62. The molecule has 9 nitrogen and oxygen atoms in total. The SMILES string of the molecule is CC1=C(CSC2=NOC(C)(C)C2F)C(OCC(F)(F)F)N(C)N1C(O)c1c(C)nn(C)c1OCC(F)(F)F. The average Bonchev–Trinajstić information content (AvgIpc) is 3.30. The van der Waals surface area contributed by atoms with Crippen molar-refractivity contribution in [1.29, 1.82) is 0 Å². The third kappa shape index (κ3) is 6.48. The molecule has 0 spiro atoms. The maximum atomic E-state index is 14.7. The van der Waals surface area contributed by atoms with Crippen LogP contribution >= 0.6 is 11.8 Å². The second-order valence-corrected chi connectivity index (χ2v) is 10.3. The molecule has 0 aliphatic carbocycles. The molecule has 0 bridgehead atoms. The number of allylic oxidation sites excluding steroid dienone is 1. The van der Waals surface area contributed by atoms with Crippen molar-refractivity contribution < 1.29 is 50.2 Å². The highest BCUT2D eigenvalue weighted by Gasteiger charge is 2.45. The summed E-state index contributed by atoms with van der Waals surface area (Å²) in [4.78, 5) is 5.07. The zero-order valence-electron chi connectivity index (χ0n) is 21.3. The molecule has 3 atom stereocenters. The highest BCUT2D eigenvalue weighted by Crippen LogP contribution is 2.41. The highest BCUT2D eigenvalue weighted by atomic mass is 32.2. The quantitative estimate of drug-likeness (QED) is 0.459. The monoisotopic (exact) mass is 579 g/mol. The lowest BCUT2D eigenvalue weighted by Crippen LogP contribution is -2.44. The Hall–Kier alpha value is -2.24. The zero-order chi connectivity index (χ0) is 28.8. The molecule has 0 aromatic carbocycles. The molecule has 2 aliphatic rings. The van der Waals surface area contributed by atoms with Crippen molar-refractivity contribution in [2.75, 3.05) is 26.0 Å². The number of likely N-dealkylation sites (N-methyl/N-ethyl adjacent to an activating group) is 1. The van der Waals surface area contributed by atoms with Gasteiger partial charge in [0.1, 0.15) is 6.61 Å². The largest absolute Gasteiger partial charge is 0.468 e. The molecular weight excluding hydrogens is 551 g/mol. The number of hydrazine groups is 1. The van der Waals surface area contributed by atoms with Gasteiger partial charge in [0.2, 0.25) is 5.88 Å². The van der Waals surface area contributed by atoms with Gasteiger partial charge in [-0.1, -0.05) is 16.9 Å². The lowest BCUT2D eigenvalue weighted by atomic mass is 10.1. The van der Waals surface area contributed by atoms with Crippen LogP contribution in [0.4, 0.5) is 30.7 Å². The molecule has 1 aromatic heterocycles. The molecule has 0 amide bonds. The third-order valence-electron chi connectivity index (χ3n) is 5.84. The van der Waals surface area contributed by atoms with E-state index in [-0.39, 0.29) is 39.2 Å². The number of alkyl halides is 7. The van der Waals surface area contributed by atoms with Crippen molar-refractivity contribution in [2.45, 2.75) is 64.3 Å². The van der Waals surface area contributed by atoms with Gasteiger partial charge in [-0.3, -0.25) is 5.01 Å².